The molecule has 0 aliphatic carbocycles. The molecule has 0 bridgehead atoms. The lowest BCUT2D eigenvalue weighted by Gasteiger charge is -2.13. The Labute approximate surface area is 206 Å². The molecule has 0 saturated carbocycles. The minimum Gasteiger partial charge on any atom is -0.493 e. The van der Waals surface area contributed by atoms with E-state index in [-0.39, 0.29) is 5.91 Å². The summed E-state index contributed by atoms with van der Waals surface area (Å²) in [4.78, 5) is 14.3. The summed E-state index contributed by atoms with van der Waals surface area (Å²) in [7, 11) is 1.69. The number of thiocarbonyl (C=S) groups is 1. The predicted octanol–water partition coefficient (Wildman–Crippen LogP) is 6.28. The van der Waals surface area contributed by atoms with Crippen LogP contribution in [0, 0.1) is 0 Å². The average Bonchev–Trinajstić information content (AvgIpc) is 3.06. The van der Waals surface area contributed by atoms with Gasteiger partial charge in [-0.15, -0.1) is 0 Å². The molecule has 1 fully saturated rings. The number of hydrogen-bond acceptors (Lipinski definition) is 6. The molecule has 7 heteroatoms. The molecule has 0 radical (unpaired) electrons. The zero-order chi connectivity index (χ0) is 23.8. The average molecular weight is 486 g/mol. The van der Waals surface area contributed by atoms with Crippen molar-refractivity contribution in [3.63, 3.8) is 0 Å². The molecular weight excluding hydrogens is 454 g/mol. The molecular formula is C26H31NO4S2. The maximum Gasteiger partial charge on any atom is 0.265 e. The van der Waals surface area contributed by atoms with E-state index in [2.05, 4.69) is 26.0 Å². The zero-order valence-corrected chi connectivity index (χ0v) is 21.3. The first-order chi connectivity index (χ1) is 15.9. The second-order valence-corrected chi connectivity index (χ2v) is 9.48. The minimum absolute atomic E-state index is 0.0854. The molecule has 1 aliphatic heterocycles. The highest BCUT2D eigenvalue weighted by molar-refractivity contribution is 8.26. The van der Waals surface area contributed by atoms with Gasteiger partial charge in [-0.1, -0.05) is 56.0 Å². The number of rotatable bonds is 11. The maximum absolute atomic E-state index is 12.2. The van der Waals surface area contributed by atoms with Crippen LogP contribution in [0.1, 0.15) is 50.7 Å². The van der Waals surface area contributed by atoms with Crippen molar-refractivity contribution in [3.8, 4) is 17.2 Å². The Bertz CT molecular complexity index is 1000. The van der Waals surface area contributed by atoms with Gasteiger partial charge in [0, 0.05) is 13.5 Å². The SMILES string of the molecule is CCOc1cc(C=C2SC(=S)N(C)C2=O)ccc1OCCCOc1ccc(C(C)CC)cc1. The third kappa shape index (κ3) is 6.74. The van der Waals surface area contributed by atoms with Crippen LogP contribution in [0.25, 0.3) is 6.08 Å². The molecule has 1 unspecified atom stereocenters. The van der Waals surface area contributed by atoms with Crippen LogP contribution in [-0.2, 0) is 4.79 Å². The molecule has 0 aromatic heterocycles. The maximum atomic E-state index is 12.2. The standard InChI is InChI=1S/C26H31NO4S2/c1-5-18(3)20-9-11-21(12-10-20)30-14-7-15-31-22-13-8-19(16-23(22)29-6-2)17-24-25(28)27(4)26(32)33-24/h8-13,16-18H,5-7,14-15H2,1-4H3. The Morgan fingerprint density at radius 2 is 1.76 bits per heavy atom. The molecule has 0 N–H and O–H groups in total. The van der Waals surface area contributed by atoms with Crippen molar-refractivity contribution >= 4 is 40.3 Å². The second-order valence-electron chi connectivity index (χ2n) is 7.81. The molecule has 2 aromatic carbocycles. The number of hydrogen-bond donors (Lipinski definition) is 0. The van der Waals surface area contributed by atoms with Crippen LogP contribution in [-0.4, -0.2) is 42.0 Å². The summed E-state index contributed by atoms with van der Waals surface area (Å²) < 4.78 is 18.1. The number of likely N-dealkylation sites (N-methyl/N-ethyl adjacent to an activating group) is 1. The van der Waals surface area contributed by atoms with E-state index in [9.17, 15) is 4.79 Å². The van der Waals surface area contributed by atoms with Gasteiger partial charge in [-0.2, -0.15) is 0 Å². The summed E-state index contributed by atoms with van der Waals surface area (Å²) in [5.41, 5.74) is 2.20. The summed E-state index contributed by atoms with van der Waals surface area (Å²) in [6.07, 6.45) is 3.71. The summed E-state index contributed by atoms with van der Waals surface area (Å²) in [6.45, 7) is 7.96. The normalized spacial score (nSPS) is 15.8. The van der Waals surface area contributed by atoms with Crippen molar-refractivity contribution in [1.82, 2.24) is 4.90 Å². The number of thioether (sulfide) groups is 1. The van der Waals surface area contributed by atoms with Gasteiger partial charge in [0.15, 0.2) is 11.5 Å². The van der Waals surface area contributed by atoms with Crippen molar-refractivity contribution in [2.75, 3.05) is 26.9 Å². The van der Waals surface area contributed by atoms with Gasteiger partial charge in [-0.25, -0.2) is 0 Å². The summed E-state index contributed by atoms with van der Waals surface area (Å²) in [6, 6.07) is 14.0. The number of ether oxygens (including phenoxy) is 3. The number of nitrogens with zero attached hydrogens (tertiary/aromatic N) is 1. The van der Waals surface area contributed by atoms with Crippen molar-refractivity contribution in [2.24, 2.45) is 0 Å². The minimum atomic E-state index is -0.0854. The zero-order valence-electron chi connectivity index (χ0n) is 19.6. The number of carbonyl (C=O) groups excluding carboxylic acids is 1. The Balaban J connectivity index is 1.53. The number of benzene rings is 2. The fourth-order valence-corrected chi connectivity index (χ4v) is 4.44. The van der Waals surface area contributed by atoms with Crippen LogP contribution in [0.5, 0.6) is 17.2 Å². The van der Waals surface area contributed by atoms with Crippen molar-refractivity contribution < 1.29 is 19.0 Å². The van der Waals surface area contributed by atoms with Crippen molar-refractivity contribution in [2.45, 2.75) is 39.5 Å². The van der Waals surface area contributed by atoms with Gasteiger partial charge in [0.25, 0.3) is 5.91 Å². The molecule has 1 aliphatic rings. The van der Waals surface area contributed by atoms with Crippen molar-refractivity contribution in [1.29, 1.82) is 0 Å². The van der Waals surface area contributed by atoms with E-state index in [4.69, 9.17) is 26.4 Å². The van der Waals surface area contributed by atoms with Crippen LogP contribution in [0.4, 0.5) is 0 Å². The lowest BCUT2D eigenvalue weighted by Crippen LogP contribution is -2.22. The van der Waals surface area contributed by atoms with E-state index in [0.717, 1.165) is 24.2 Å². The molecule has 1 atom stereocenters. The van der Waals surface area contributed by atoms with E-state index < -0.39 is 0 Å². The molecule has 2 aromatic rings. The predicted molar refractivity (Wildman–Crippen MR) is 139 cm³/mol. The topological polar surface area (TPSA) is 48.0 Å². The highest BCUT2D eigenvalue weighted by Crippen LogP contribution is 2.34. The van der Waals surface area contributed by atoms with E-state index in [0.29, 0.717) is 46.5 Å². The van der Waals surface area contributed by atoms with E-state index >= 15 is 0 Å². The van der Waals surface area contributed by atoms with E-state index in [1.54, 1.807) is 7.05 Å². The van der Waals surface area contributed by atoms with E-state index in [1.165, 1.54) is 22.2 Å². The molecule has 1 heterocycles. The Hall–Kier alpha value is -2.51. The molecule has 1 saturated heterocycles. The van der Waals surface area contributed by atoms with Crippen molar-refractivity contribution in [3.05, 3.63) is 58.5 Å². The van der Waals surface area contributed by atoms with Gasteiger partial charge in [-0.3, -0.25) is 9.69 Å². The Kier molecular flexibility index (Phi) is 9.21. The number of carbonyl (C=O) groups is 1. The highest BCUT2D eigenvalue weighted by atomic mass is 32.2. The highest BCUT2D eigenvalue weighted by Gasteiger charge is 2.28. The summed E-state index contributed by atoms with van der Waals surface area (Å²) in [5.74, 6) is 2.68. The van der Waals surface area contributed by atoms with Gasteiger partial charge < -0.3 is 14.2 Å². The molecule has 3 rings (SSSR count). The molecule has 33 heavy (non-hydrogen) atoms. The third-order valence-corrected chi connectivity index (χ3v) is 6.91. The molecule has 0 spiro atoms. The van der Waals surface area contributed by atoms with Gasteiger partial charge in [0.1, 0.15) is 10.1 Å². The van der Waals surface area contributed by atoms with Crippen LogP contribution >= 0.6 is 24.0 Å². The van der Waals surface area contributed by atoms with E-state index in [1.807, 2.05) is 43.3 Å². The van der Waals surface area contributed by atoms with Crippen LogP contribution < -0.4 is 14.2 Å². The Morgan fingerprint density at radius 3 is 2.39 bits per heavy atom. The Morgan fingerprint density at radius 1 is 1.03 bits per heavy atom. The smallest absolute Gasteiger partial charge is 0.265 e. The first-order valence-corrected chi connectivity index (χ1v) is 12.5. The van der Waals surface area contributed by atoms with Gasteiger partial charge in [0.2, 0.25) is 0 Å². The van der Waals surface area contributed by atoms with Gasteiger partial charge in [-0.05, 0) is 60.7 Å². The largest absolute Gasteiger partial charge is 0.493 e. The fraction of sp³-hybridized carbons (Fsp3) is 0.385. The van der Waals surface area contributed by atoms with Gasteiger partial charge >= 0.3 is 0 Å². The van der Waals surface area contributed by atoms with Crippen LogP contribution in [0.2, 0.25) is 0 Å². The first-order valence-electron chi connectivity index (χ1n) is 11.3. The molecule has 5 nitrogen and oxygen atoms in total. The monoisotopic (exact) mass is 485 g/mol. The van der Waals surface area contributed by atoms with Crippen LogP contribution in [0.3, 0.4) is 0 Å². The van der Waals surface area contributed by atoms with Crippen LogP contribution in [0.15, 0.2) is 47.4 Å². The number of amides is 1. The molecule has 176 valence electrons. The first kappa shape index (κ1) is 25.1. The lowest BCUT2D eigenvalue weighted by atomic mass is 9.99. The summed E-state index contributed by atoms with van der Waals surface area (Å²) >= 11 is 6.50. The summed E-state index contributed by atoms with van der Waals surface area (Å²) in [5, 5.41) is 0. The quantitative estimate of drug-likeness (QED) is 0.212. The third-order valence-electron chi connectivity index (χ3n) is 5.43. The fourth-order valence-electron chi connectivity index (χ4n) is 3.26. The lowest BCUT2D eigenvalue weighted by molar-refractivity contribution is -0.121. The molecule has 1 amide bonds. The second kappa shape index (κ2) is 12.1. The van der Waals surface area contributed by atoms with Gasteiger partial charge in [0.05, 0.1) is 24.7 Å².